The van der Waals surface area contributed by atoms with Crippen LogP contribution in [-0.4, -0.2) is 25.7 Å². The highest BCUT2D eigenvalue weighted by atomic mass is 32.1. The predicted octanol–water partition coefficient (Wildman–Crippen LogP) is 3.99. The zero-order valence-corrected chi connectivity index (χ0v) is 15.1. The second-order valence-corrected chi connectivity index (χ2v) is 7.69. The molecule has 24 heavy (non-hydrogen) atoms. The van der Waals surface area contributed by atoms with Gasteiger partial charge in [0.25, 0.3) is 5.91 Å². The van der Waals surface area contributed by atoms with Crippen molar-refractivity contribution in [3.05, 3.63) is 34.6 Å². The number of aryl methyl sites for hydroxylation is 3. The third-order valence-corrected chi connectivity index (χ3v) is 5.61. The summed E-state index contributed by atoms with van der Waals surface area (Å²) < 4.78 is 3.84. The van der Waals surface area contributed by atoms with Crippen LogP contribution >= 0.6 is 22.7 Å². The normalized spacial score (nSPS) is 11.5. The van der Waals surface area contributed by atoms with E-state index in [1.807, 2.05) is 32.9 Å². The van der Waals surface area contributed by atoms with E-state index in [9.17, 15) is 4.79 Å². The fourth-order valence-corrected chi connectivity index (χ4v) is 4.52. The van der Waals surface area contributed by atoms with E-state index in [4.69, 9.17) is 0 Å². The van der Waals surface area contributed by atoms with Crippen LogP contribution in [0.3, 0.4) is 0 Å². The number of thiazole rings is 2. The minimum atomic E-state index is -0.192. The number of hydrogen-bond donors (Lipinski definition) is 1. The number of benzene rings is 1. The summed E-state index contributed by atoms with van der Waals surface area (Å²) in [6.07, 6.45) is 0. The molecule has 0 fully saturated rings. The van der Waals surface area contributed by atoms with E-state index in [0.717, 1.165) is 31.1 Å². The van der Waals surface area contributed by atoms with Gasteiger partial charge in [0, 0.05) is 6.54 Å². The van der Waals surface area contributed by atoms with Gasteiger partial charge in [0.05, 0.1) is 25.6 Å². The van der Waals surface area contributed by atoms with Crippen molar-refractivity contribution in [2.24, 2.45) is 0 Å². The van der Waals surface area contributed by atoms with Gasteiger partial charge in [0.1, 0.15) is 11.2 Å². The van der Waals surface area contributed by atoms with Gasteiger partial charge >= 0.3 is 0 Å². The molecule has 0 aliphatic carbocycles. The maximum atomic E-state index is 12.5. The largest absolute Gasteiger partial charge is 0.296 e. The maximum Gasteiger partial charge on any atom is 0.275 e. The quantitative estimate of drug-likeness (QED) is 0.602. The fourth-order valence-electron chi connectivity index (χ4n) is 2.67. The van der Waals surface area contributed by atoms with Crippen molar-refractivity contribution in [2.45, 2.75) is 27.3 Å². The molecule has 0 atom stereocenters. The highest BCUT2D eigenvalue weighted by molar-refractivity contribution is 7.24. The molecule has 0 saturated carbocycles. The summed E-state index contributed by atoms with van der Waals surface area (Å²) in [6, 6.07) is 5.79. The molecule has 0 radical (unpaired) electrons. The van der Waals surface area contributed by atoms with Crippen LogP contribution in [0.2, 0.25) is 0 Å². The first kappa shape index (κ1) is 15.2. The van der Waals surface area contributed by atoms with Crippen molar-refractivity contribution in [2.75, 3.05) is 5.32 Å². The SMILES string of the molecule is CCn1nc(C)cc1C(=O)Nc1nc2ccc3sc(C)nc3c2s1. The number of carbonyl (C=O) groups is 1. The topological polar surface area (TPSA) is 72.7 Å². The molecular weight excluding hydrogens is 342 g/mol. The number of amides is 1. The molecule has 0 spiro atoms. The summed E-state index contributed by atoms with van der Waals surface area (Å²) in [7, 11) is 0. The molecule has 0 bridgehead atoms. The zero-order chi connectivity index (χ0) is 16.8. The highest BCUT2D eigenvalue weighted by Gasteiger charge is 2.16. The van der Waals surface area contributed by atoms with E-state index >= 15 is 0 Å². The lowest BCUT2D eigenvalue weighted by Gasteiger charge is -2.03. The van der Waals surface area contributed by atoms with Crippen molar-refractivity contribution < 1.29 is 4.79 Å². The van der Waals surface area contributed by atoms with Crippen LogP contribution in [0, 0.1) is 13.8 Å². The summed E-state index contributed by atoms with van der Waals surface area (Å²) >= 11 is 3.12. The summed E-state index contributed by atoms with van der Waals surface area (Å²) in [6.45, 7) is 6.48. The van der Waals surface area contributed by atoms with Gasteiger partial charge in [0.15, 0.2) is 5.13 Å². The monoisotopic (exact) mass is 357 g/mol. The number of nitrogens with zero attached hydrogens (tertiary/aromatic N) is 4. The molecule has 1 amide bonds. The first-order valence-corrected chi connectivity index (χ1v) is 9.21. The van der Waals surface area contributed by atoms with Crippen LogP contribution in [0.15, 0.2) is 18.2 Å². The van der Waals surface area contributed by atoms with E-state index in [1.165, 1.54) is 11.3 Å². The third-order valence-electron chi connectivity index (χ3n) is 3.68. The van der Waals surface area contributed by atoms with Crippen molar-refractivity contribution in [3.8, 4) is 0 Å². The zero-order valence-electron chi connectivity index (χ0n) is 13.5. The van der Waals surface area contributed by atoms with Gasteiger partial charge < -0.3 is 0 Å². The van der Waals surface area contributed by atoms with Crippen LogP contribution < -0.4 is 5.32 Å². The molecule has 3 aromatic heterocycles. The van der Waals surface area contributed by atoms with E-state index in [-0.39, 0.29) is 5.91 Å². The second-order valence-electron chi connectivity index (χ2n) is 5.45. The lowest BCUT2D eigenvalue weighted by atomic mass is 10.3. The molecular formula is C16H15N5OS2. The Labute approximate surface area is 146 Å². The highest BCUT2D eigenvalue weighted by Crippen LogP contribution is 2.34. The number of nitrogens with one attached hydrogen (secondary N) is 1. The molecule has 0 aliphatic heterocycles. The maximum absolute atomic E-state index is 12.5. The first-order valence-electron chi connectivity index (χ1n) is 7.57. The summed E-state index contributed by atoms with van der Waals surface area (Å²) in [5.74, 6) is -0.192. The second kappa shape index (κ2) is 5.64. The summed E-state index contributed by atoms with van der Waals surface area (Å²) in [5.41, 5.74) is 3.19. The lowest BCUT2D eigenvalue weighted by molar-refractivity contribution is 0.101. The Hall–Kier alpha value is -2.32. The van der Waals surface area contributed by atoms with E-state index in [0.29, 0.717) is 17.4 Å². The van der Waals surface area contributed by atoms with Crippen LogP contribution in [0.25, 0.3) is 20.4 Å². The Morgan fingerprint density at radius 1 is 1.25 bits per heavy atom. The Morgan fingerprint density at radius 3 is 2.88 bits per heavy atom. The van der Waals surface area contributed by atoms with Crippen molar-refractivity contribution >= 4 is 54.1 Å². The van der Waals surface area contributed by atoms with Crippen LogP contribution in [-0.2, 0) is 6.54 Å². The van der Waals surface area contributed by atoms with Crippen LogP contribution in [0.5, 0.6) is 0 Å². The van der Waals surface area contributed by atoms with Gasteiger partial charge in [-0.1, -0.05) is 11.3 Å². The van der Waals surface area contributed by atoms with E-state index < -0.39 is 0 Å². The Balaban J connectivity index is 1.71. The molecule has 8 heteroatoms. The molecule has 4 aromatic rings. The van der Waals surface area contributed by atoms with E-state index in [2.05, 4.69) is 20.4 Å². The smallest absolute Gasteiger partial charge is 0.275 e. The Bertz CT molecular complexity index is 1080. The Morgan fingerprint density at radius 2 is 2.08 bits per heavy atom. The van der Waals surface area contributed by atoms with Gasteiger partial charge in [-0.3, -0.25) is 14.8 Å². The standard InChI is InChI=1S/C16H15N5OS2/c1-4-21-11(7-8(2)20-21)15(22)19-16-18-10-5-6-12-13(14(10)24-16)17-9(3)23-12/h5-7H,4H2,1-3H3,(H,18,19,22). The molecule has 0 unspecified atom stereocenters. The van der Waals surface area contributed by atoms with Gasteiger partial charge in [0.2, 0.25) is 0 Å². The molecule has 6 nitrogen and oxygen atoms in total. The molecule has 4 rings (SSSR count). The number of aromatic nitrogens is 4. The lowest BCUT2D eigenvalue weighted by Crippen LogP contribution is -2.17. The molecule has 0 saturated heterocycles. The molecule has 1 aromatic carbocycles. The number of anilines is 1. The van der Waals surface area contributed by atoms with Gasteiger partial charge in [-0.05, 0) is 39.0 Å². The minimum Gasteiger partial charge on any atom is -0.296 e. The van der Waals surface area contributed by atoms with Crippen molar-refractivity contribution in [3.63, 3.8) is 0 Å². The van der Waals surface area contributed by atoms with E-state index in [1.54, 1.807) is 22.1 Å². The number of fused-ring (bicyclic) bond motifs is 3. The van der Waals surface area contributed by atoms with Crippen molar-refractivity contribution in [1.29, 1.82) is 0 Å². The molecule has 0 aliphatic rings. The molecule has 122 valence electrons. The average molecular weight is 357 g/mol. The average Bonchev–Trinajstić information content (AvgIpc) is 3.21. The third kappa shape index (κ3) is 2.47. The van der Waals surface area contributed by atoms with Crippen molar-refractivity contribution in [1.82, 2.24) is 19.7 Å². The molecule has 1 N–H and O–H groups in total. The summed E-state index contributed by atoms with van der Waals surface area (Å²) in [5, 5.41) is 8.80. The molecule has 3 heterocycles. The minimum absolute atomic E-state index is 0.192. The van der Waals surface area contributed by atoms with Gasteiger partial charge in [-0.25, -0.2) is 9.97 Å². The summed E-state index contributed by atoms with van der Waals surface area (Å²) in [4.78, 5) is 21.6. The van der Waals surface area contributed by atoms with Gasteiger partial charge in [-0.15, -0.1) is 11.3 Å². The number of carbonyl (C=O) groups excluding carboxylic acids is 1. The van der Waals surface area contributed by atoms with Crippen LogP contribution in [0.4, 0.5) is 5.13 Å². The fraction of sp³-hybridized carbons (Fsp3) is 0.250. The Kier molecular flexibility index (Phi) is 3.58. The first-order chi connectivity index (χ1) is 11.5. The van der Waals surface area contributed by atoms with Crippen LogP contribution in [0.1, 0.15) is 28.1 Å². The predicted molar refractivity (Wildman–Crippen MR) is 98.1 cm³/mol. The number of hydrogen-bond acceptors (Lipinski definition) is 6. The van der Waals surface area contributed by atoms with Gasteiger partial charge in [-0.2, -0.15) is 5.10 Å². The number of rotatable bonds is 3.